The fourth-order valence-electron chi connectivity index (χ4n) is 1.29. The Morgan fingerprint density at radius 2 is 2.42 bits per heavy atom. The number of aliphatic hydroxyl groups excluding tert-OH is 1. The minimum atomic E-state index is -0.310. The summed E-state index contributed by atoms with van der Waals surface area (Å²) in [6.07, 6.45) is 1.03. The fraction of sp³-hybridized carbons (Fsp3) is 0.875. The summed E-state index contributed by atoms with van der Waals surface area (Å²) in [4.78, 5) is 11.1. The van der Waals surface area contributed by atoms with E-state index >= 15 is 0 Å². The van der Waals surface area contributed by atoms with E-state index in [2.05, 4.69) is 5.32 Å². The molecular formula is C8H15NO3. The molecule has 1 heterocycles. The Kier molecular flexibility index (Phi) is 3.49. The van der Waals surface area contributed by atoms with Crippen molar-refractivity contribution in [3.8, 4) is 0 Å². The molecular weight excluding hydrogens is 158 g/mol. The lowest BCUT2D eigenvalue weighted by Crippen LogP contribution is -2.46. The van der Waals surface area contributed by atoms with E-state index in [4.69, 9.17) is 9.84 Å². The van der Waals surface area contributed by atoms with Gasteiger partial charge in [-0.05, 0) is 19.8 Å². The van der Waals surface area contributed by atoms with Crippen LogP contribution in [0.25, 0.3) is 0 Å². The average molecular weight is 173 g/mol. The van der Waals surface area contributed by atoms with Gasteiger partial charge in [0.1, 0.15) is 6.04 Å². The molecule has 4 nitrogen and oxygen atoms in total. The van der Waals surface area contributed by atoms with E-state index in [1.54, 1.807) is 6.92 Å². The Morgan fingerprint density at radius 1 is 1.67 bits per heavy atom. The second-order valence-corrected chi connectivity index (χ2v) is 2.94. The van der Waals surface area contributed by atoms with Gasteiger partial charge in [0.15, 0.2) is 0 Å². The highest BCUT2D eigenvalue weighted by Crippen LogP contribution is 2.08. The van der Waals surface area contributed by atoms with Gasteiger partial charge in [-0.1, -0.05) is 0 Å². The zero-order chi connectivity index (χ0) is 8.97. The molecule has 0 amide bonds. The van der Waals surface area contributed by atoms with Crippen LogP contribution in [0.5, 0.6) is 0 Å². The summed E-state index contributed by atoms with van der Waals surface area (Å²) in [5, 5.41) is 12.1. The number of carbonyl (C=O) groups excluding carboxylic acids is 1. The maximum absolute atomic E-state index is 11.1. The van der Waals surface area contributed by atoms with Gasteiger partial charge >= 0.3 is 5.97 Å². The number of nitrogens with one attached hydrogen (secondary N) is 1. The molecule has 0 aromatic heterocycles. The summed E-state index contributed by atoms with van der Waals surface area (Å²) in [7, 11) is 0. The predicted octanol–water partition coefficient (Wildman–Crippen LogP) is -0.338. The molecule has 0 aromatic carbocycles. The second-order valence-electron chi connectivity index (χ2n) is 2.94. The maximum atomic E-state index is 11.1. The van der Waals surface area contributed by atoms with E-state index < -0.39 is 0 Å². The molecule has 1 saturated heterocycles. The lowest BCUT2D eigenvalue weighted by atomic mass is 10.0. The maximum Gasteiger partial charge on any atom is 0.323 e. The first-order chi connectivity index (χ1) is 5.74. The number of β-amino-alcohol motifs (C(OH)–C–C–N with tert-alkyl or cyclic N) is 1. The van der Waals surface area contributed by atoms with Crippen LogP contribution in [0.4, 0.5) is 0 Å². The van der Waals surface area contributed by atoms with Gasteiger partial charge in [0.05, 0.1) is 12.7 Å². The summed E-state index contributed by atoms with van der Waals surface area (Å²) in [5.41, 5.74) is 0. The van der Waals surface area contributed by atoms with Crippen molar-refractivity contribution < 1.29 is 14.6 Å². The fourth-order valence-corrected chi connectivity index (χ4v) is 1.29. The summed E-state index contributed by atoms with van der Waals surface area (Å²) in [6, 6.07) is -0.214. The number of hydrogen-bond acceptors (Lipinski definition) is 4. The third kappa shape index (κ3) is 2.46. The molecule has 2 N–H and O–H groups in total. The molecule has 0 radical (unpaired) electrons. The Bertz CT molecular complexity index is 152. The van der Waals surface area contributed by atoms with Crippen molar-refractivity contribution in [1.29, 1.82) is 0 Å². The van der Waals surface area contributed by atoms with Crippen LogP contribution in [0.15, 0.2) is 0 Å². The molecule has 12 heavy (non-hydrogen) atoms. The van der Waals surface area contributed by atoms with Crippen LogP contribution in [0.1, 0.15) is 19.8 Å². The third-order valence-corrected chi connectivity index (χ3v) is 1.96. The van der Waals surface area contributed by atoms with Gasteiger partial charge in [0.25, 0.3) is 0 Å². The molecule has 0 spiro atoms. The quantitative estimate of drug-likeness (QED) is 0.561. The highest BCUT2D eigenvalue weighted by atomic mass is 16.5. The highest BCUT2D eigenvalue weighted by molar-refractivity contribution is 5.75. The third-order valence-electron chi connectivity index (χ3n) is 1.96. The number of piperidine rings is 1. The van der Waals surface area contributed by atoms with Crippen molar-refractivity contribution in [2.75, 3.05) is 13.2 Å². The highest BCUT2D eigenvalue weighted by Gasteiger charge is 2.25. The summed E-state index contributed by atoms with van der Waals surface area (Å²) < 4.78 is 4.83. The molecule has 0 saturated carbocycles. The van der Waals surface area contributed by atoms with Crippen LogP contribution in [-0.4, -0.2) is 36.4 Å². The molecule has 1 fully saturated rings. The van der Waals surface area contributed by atoms with E-state index in [0.717, 1.165) is 0 Å². The Hall–Kier alpha value is -0.610. The number of carbonyl (C=O) groups is 1. The number of ether oxygens (including phenoxy) is 1. The zero-order valence-electron chi connectivity index (χ0n) is 7.25. The van der Waals surface area contributed by atoms with Gasteiger partial charge in [-0.2, -0.15) is 0 Å². The van der Waals surface area contributed by atoms with Gasteiger partial charge in [0, 0.05) is 6.54 Å². The standard InChI is InChI=1S/C8H15NO3/c1-2-12-8(11)7-4-3-6(10)5-9-7/h6-7,9-10H,2-5H2,1H3/t6-,7-/m0/s1. The van der Waals surface area contributed by atoms with E-state index in [-0.39, 0.29) is 18.1 Å². The van der Waals surface area contributed by atoms with Crippen molar-refractivity contribution >= 4 is 5.97 Å². The Balaban J connectivity index is 2.29. The number of esters is 1. The van der Waals surface area contributed by atoms with Gasteiger partial charge in [-0.25, -0.2) is 0 Å². The molecule has 0 bridgehead atoms. The van der Waals surface area contributed by atoms with E-state index in [1.807, 2.05) is 0 Å². The van der Waals surface area contributed by atoms with Crippen LogP contribution in [0.2, 0.25) is 0 Å². The van der Waals surface area contributed by atoms with Crippen molar-refractivity contribution in [1.82, 2.24) is 5.32 Å². The minimum Gasteiger partial charge on any atom is -0.465 e. The molecule has 1 aliphatic rings. The topological polar surface area (TPSA) is 58.6 Å². The van der Waals surface area contributed by atoms with Crippen LogP contribution >= 0.6 is 0 Å². The summed E-state index contributed by atoms with van der Waals surface area (Å²) in [5.74, 6) is -0.204. The molecule has 1 aliphatic heterocycles. The van der Waals surface area contributed by atoms with E-state index in [0.29, 0.717) is 26.0 Å². The molecule has 1 rings (SSSR count). The van der Waals surface area contributed by atoms with Gasteiger partial charge < -0.3 is 15.2 Å². The molecule has 0 aliphatic carbocycles. The van der Waals surface area contributed by atoms with Crippen molar-refractivity contribution in [3.05, 3.63) is 0 Å². The second kappa shape index (κ2) is 4.42. The molecule has 2 atom stereocenters. The Morgan fingerprint density at radius 3 is 2.92 bits per heavy atom. The Labute approximate surface area is 71.9 Å². The van der Waals surface area contributed by atoms with Crippen LogP contribution in [0.3, 0.4) is 0 Å². The molecule has 4 heteroatoms. The first-order valence-electron chi connectivity index (χ1n) is 4.32. The van der Waals surface area contributed by atoms with Crippen LogP contribution in [0, 0.1) is 0 Å². The van der Waals surface area contributed by atoms with Crippen molar-refractivity contribution in [3.63, 3.8) is 0 Å². The number of aliphatic hydroxyl groups is 1. The lowest BCUT2D eigenvalue weighted by molar-refractivity contribution is -0.146. The SMILES string of the molecule is CCOC(=O)[C@@H]1CC[C@H](O)CN1. The average Bonchev–Trinajstić information content (AvgIpc) is 2.06. The number of rotatable bonds is 2. The largest absolute Gasteiger partial charge is 0.465 e. The van der Waals surface area contributed by atoms with Gasteiger partial charge in [-0.3, -0.25) is 4.79 Å². The smallest absolute Gasteiger partial charge is 0.323 e. The zero-order valence-corrected chi connectivity index (χ0v) is 7.25. The molecule has 0 aromatic rings. The first kappa shape index (κ1) is 9.48. The molecule has 70 valence electrons. The molecule has 0 unspecified atom stereocenters. The first-order valence-corrected chi connectivity index (χ1v) is 4.32. The van der Waals surface area contributed by atoms with Crippen LogP contribution in [-0.2, 0) is 9.53 Å². The van der Waals surface area contributed by atoms with Crippen molar-refractivity contribution in [2.45, 2.75) is 31.9 Å². The number of hydrogen-bond donors (Lipinski definition) is 2. The van der Waals surface area contributed by atoms with E-state index in [9.17, 15) is 4.79 Å². The monoisotopic (exact) mass is 173 g/mol. The normalized spacial score (nSPS) is 29.8. The van der Waals surface area contributed by atoms with Gasteiger partial charge in [-0.15, -0.1) is 0 Å². The van der Waals surface area contributed by atoms with E-state index in [1.165, 1.54) is 0 Å². The minimum absolute atomic E-state index is 0.204. The van der Waals surface area contributed by atoms with Crippen molar-refractivity contribution in [2.24, 2.45) is 0 Å². The summed E-state index contributed by atoms with van der Waals surface area (Å²) in [6.45, 7) is 2.69. The predicted molar refractivity (Wildman–Crippen MR) is 43.7 cm³/mol. The van der Waals surface area contributed by atoms with Gasteiger partial charge in [0.2, 0.25) is 0 Å². The lowest BCUT2D eigenvalue weighted by Gasteiger charge is -2.25. The summed E-state index contributed by atoms with van der Waals surface area (Å²) >= 11 is 0. The van der Waals surface area contributed by atoms with Crippen LogP contribution < -0.4 is 5.32 Å².